The van der Waals surface area contributed by atoms with Gasteiger partial charge in [-0.1, -0.05) is 25.0 Å². The second kappa shape index (κ2) is 9.89. The Kier molecular flexibility index (Phi) is 6.92. The van der Waals surface area contributed by atoms with Crippen molar-refractivity contribution in [2.75, 3.05) is 0 Å². The number of aryl methyl sites for hydroxylation is 2. The fourth-order valence-corrected chi connectivity index (χ4v) is 4.48. The summed E-state index contributed by atoms with van der Waals surface area (Å²) in [7, 11) is 0. The van der Waals surface area contributed by atoms with Crippen molar-refractivity contribution >= 4 is 5.91 Å². The van der Waals surface area contributed by atoms with Crippen LogP contribution in [0.4, 0.5) is 13.2 Å². The van der Waals surface area contributed by atoms with Crippen LogP contribution in [-0.4, -0.2) is 32.1 Å². The van der Waals surface area contributed by atoms with Crippen LogP contribution < -0.4 is 5.73 Å². The molecule has 6 nitrogen and oxygen atoms in total. The van der Waals surface area contributed by atoms with E-state index in [1.165, 1.54) is 18.5 Å². The van der Waals surface area contributed by atoms with Gasteiger partial charge < -0.3 is 10.8 Å². The Balaban J connectivity index is 1.80. The topological polar surface area (TPSA) is 102 Å². The van der Waals surface area contributed by atoms with E-state index >= 15 is 0 Å². The molecule has 0 unspecified atom stereocenters. The van der Waals surface area contributed by atoms with Gasteiger partial charge >= 0.3 is 6.18 Å². The average Bonchev–Trinajstić information content (AvgIpc) is 2.83. The largest absolute Gasteiger partial charge is 0.416 e. The molecule has 0 spiro atoms. The van der Waals surface area contributed by atoms with Gasteiger partial charge in [0.2, 0.25) is 0 Å². The van der Waals surface area contributed by atoms with E-state index in [0.717, 1.165) is 30.5 Å². The Hall–Kier alpha value is -3.33. The molecular weight excluding hydrogens is 445 g/mol. The molecule has 3 N–H and O–H groups in total. The number of rotatable bonds is 6. The van der Waals surface area contributed by atoms with Crippen LogP contribution in [0.3, 0.4) is 0 Å². The number of benzene rings is 1. The number of hydrogen-bond acceptors (Lipinski definition) is 5. The van der Waals surface area contributed by atoms with Gasteiger partial charge in [0.1, 0.15) is 6.33 Å². The van der Waals surface area contributed by atoms with Crippen molar-refractivity contribution in [1.29, 1.82) is 0 Å². The number of amides is 1. The molecule has 0 bridgehead atoms. The molecule has 0 aliphatic heterocycles. The molecule has 2 heterocycles. The maximum Gasteiger partial charge on any atom is 0.416 e. The van der Waals surface area contributed by atoms with Crippen molar-refractivity contribution in [1.82, 2.24) is 15.0 Å². The van der Waals surface area contributed by atoms with Crippen molar-refractivity contribution in [2.24, 2.45) is 5.73 Å². The highest BCUT2D eigenvalue weighted by atomic mass is 19.4. The summed E-state index contributed by atoms with van der Waals surface area (Å²) in [5.74, 6) is -1.01. The van der Waals surface area contributed by atoms with Crippen LogP contribution in [0.25, 0.3) is 11.1 Å². The van der Waals surface area contributed by atoms with E-state index in [4.69, 9.17) is 10.7 Å². The number of aromatic nitrogens is 3. The Labute approximate surface area is 195 Å². The maximum atomic E-state index is 13.1. The lowest BCUT2D eigenvalue weighted by Gasteiger charge is -2.29. The molecule has 178 valence electrons. The SMILES string of the molecule is NC(=O)c1cc(-c2ccc(C(F)(F)F)cc2)c(CCc2cncnc2)nc1[C@H]1CCCC[C@H]1O. The monoisotopic (exact) mass is 470 g/mol. The Bertz CT molecular complexity index is 1150. The zero-order chi connectivity index (χ0) is 24.3. The van der Waals surface area contributed by atoms with Gasteiger partial charge in [-0.15, -0.1) is 0 Å². The highest BCUT2D eigenvalue weighted by molar-refractivity contribution is 5.95. The first kappa shape index (κ1) is 23.8. The number of halogens is 3. The maximum absolute atomic E-state index is 13.1. The van der Waals surface area contributed by atoms with Gasteiger partial charge in [-0.05, 0) is 55.0 Å². The van der Waals surface area contributed by atoms with Gasteiger partial charge in [-0.25, -0.2) is 9.97 Å². The molecule has 1 amide bonds. The van der Waals surface area contributed by atoms with Gasteiger partial charge in [-0.2, -0.15) is 13.2 Å². The zero-order valence-electron chi connectivity index (χ0n) is 18.4. The van der Waals surface area contributed by atoms with Crippen molar-refractivity contribution in [3.63, 3.8) is 0 Å². The first-order valence-electron chi connectivity index (χ1n) is 11.2. The van der Waals surface area contributed by atoms with Gasteiger partial charge in [-0.3, -0.25) is 9.78 Å². The molecule has 2 aromatic heterocycles. The normalized spacial score (nSPS) is 18.6. The number of hydrogen-bond donors (Lipinski definition) is 2. The lowest BCUT2D eigenvalue weighted by molar-refractivity contribution is -0.137. The Morgan fingerprint density at radius 3 is 2.35 bits per heavy atom. The van der Waals surface area contributed by atoms with Crippen molar-refractivity contribution in [3.8, 4) is 11.1 Å². The first-order chi connectivity index (χ1) is 16.2. The van der Waals surface area contributed by atoms with E-state index < -0.39 is 23.8 Å². The third kappa shape index (κ3) is 5.25. The van der Waals surface area contributed by atoms with Crippen LogP contribution in [0.1, 0.15) is 64.5 Å². The first-order valence-corrected chi connectivity index (χ1v) is 11.2. The average molecular weight is 470 g/mol. The van der Waals surface area contributed by atoms with E-state index in [2.05, 4.69) is 9.97 Å². The zero-order valence-corrected chi connectivity index (χ0v) is 18.4. The molecule has 3 aromatic rings. The minimum atomic E-state index is -4.45. The number of carbonyl (C=O) groups excluding carboxylic acids is 1. The van der Waals surface area contributed by atoms with E-state index in [9.17, 15) is 23.1 Å². The Morgan fingerprint density at radius 1 is 1.06 bits per heavy atom. The number of nitrogens with zero attached hydrogens (tertiary/aromatic N) is 3. The minimum Gasteiger partial charge on any atom is -0.392 e. The molecule has 1 fully saturated rings. The van der Waals surface area contributed by atoms with E-state index in [1.807, 2.05) is 0 Å². The smallest absolute Gasteiger partial charge is 0.392 e. The van der Waals surface area contributed by atoms with Crippen molar-refractivity contribution in [3.05, 3.63) is 77.1 Å². The van der Waals surface area contributed by atoms with E-state index in [-0.39, 0.29) is 11.5 Å². The second-order valence-corrected chi connectivity index (χ2v) is 8.56. The number of nitrogens with two attached hydrogens (primary N) is 1. The van der Waals surface area contributed by atoms with Gasteiger partial charge in [0.05, 0.1) is 22.9 Å². The molecule has 0 radical (unpaired) electrons. The predicted molar refractivity (Wildman–Crippen MR) is 120 cm³/mol. The summed E-state index contributed by atoms with van der Waals surface area (Å²) in [6.07, 6.45) is 3.80. The summed E-state index contributed by atoms with van der Waals surface area (Å²) in [5, 5.41) is 10.6. The Morgan fingerprint density at radius 2 is 1.74 bits per heavy atom. The van der Waals surface area contributed by atoms with Crippen LogP contribution in [-0.2, 0) is 19.0 Å². The molecule has 34 heavy (non-hydrogen) atoms. The van der Waals surface area contributed by atoms with Crippen molar-refractivity contribution < 1.29 is 23.1 Å². The summed E-state index contributed by atoms with van der Waals surface area (Å²) >= 11 is 0. The molecule has 4 rings (SSSR count). The molecular formula is C25H25F3N4O2. The predicted octanol–water partition coefficient (Wildman–Crippen LogP) is 4.46. The highest BCUT2D eigenvalue weighted by Crippen LogP contribution is 2.37. The number of aliphatic hydroxyl groups is 1. The molecule has 1 saturated carbocycles. The fraction of sp³-hybridized carbons (Fsp3) is 0.360. The number of primary amides is 1. The van der Waals surface area contributed by atoms with Crippen molar-refractivity contribution in [2.45, 2.75) is 56.7 Å². The number of alkyl halides is 3. The van der Waals surface area contributed by atoms with Crippen LogP contribution >= 0.6 is 0 Å². The standard InChI is InChI=1S/C25H25F3N4O2/c26-25(27,28)17-8-6-16(7-9-17)19-11-20(24(29)34)23(18-3-1-2-4-22(18)33)32-21(19)10-5-15-12-30-14-31-13-15/h6-9,11-14,18,22,33H,1-5,10H2,(H2,29,34)/t18-,22+/m0/s1. The van der Waals surface area contributed by atoms with Crippen LogP contribution in [0, 0.1) is 0 Å². The quantitative estimate of drug-likeness (QED) is 0.554. The van der Waals surface area contributed by atoms with Crippen LogP contribution in [0.2, 0.25) is 0 Å². The van der Waals surface area contributed by atoms with Gasteiger partial charge in [0.25, 0.3) is 5.91 Å². The summed E-state index contributed by atoms with van der Waals surface area (Å²) in [5.41, 5.74) is 8.09. The highest BCUT2D eigenvalue weighted by Gasteiger charge is 2.32. The summed E-state index contributed by atoms with van der Waals surface area (Å²) < 4.78 is 39.2. The van der Waals surface area contributed by atoms with Crippen LogP contribution in [0.5, 0.6) is 0 Å². The number of aliphatic hydroxyl groups excluding tert-OH is 1. The lowest BCUT2D eigenvalue weighted by Crippen LogP contribution is -2.27. The molecule has 1 aromatic carbocycles. The fourth-order valence-electron chi connectivity index (χ4n) is 4.48. The van der Waals surface area contributed by atoms with Crippen LogP contribution in [0.15, 0.2) is 49.1 Å². The minimum absolute atomic E-state index is 0.188. The number of pyridine rings is 1. The molecule has 1 aliphatic rings. The summed E-state index contributed by atoms with van der Waals surface area (Å²) in [6.45, 7) is 0. The summed E-state index contributed by atoms with van der Waals surface area (Å²) in [6, 6.07) is 6.36. The van der Waals surface area contributed by atoms with Gasteiger partial charge in [0.15, 0.2) is 0 Å². The van der Waals surface area contributed by atoms with E-state index in [1.54, 1.807) is 18.5 Å². The molecule has 1 aliphatic carbocycles. The third-order valence-electron chi connectivity index (χ3n) is 6.26. The van der Waals surface area contributed by atoms with Gasteiger partial charge in [0, 0.05) is 29.6 Å². The molecule has 2 atom stereocenters. The molecule has 9 heteroatoms. The number of carbonyl (C=O) groups is 1. The second-order valence-electron chi connectivity index (χ2n) is 8.56. The van der Waals surface area contributed by atoms with E-state index in [0.29, 0.717) is 48.2 Å². The third-order valence-corrected chi connectivity index (χ3v) is 6.26. The summed E-state index contributed by atoms with van der Waals surface area (Å²) in [4.78, 5) is 25.2. The lowest BCUT2D eigenvalue weighted by atomic mass is 9.81. The molecule has 0 saturated heterocycles.